The summed E-state index contributed by atoms with van der Waals surface area (Å²) in [5.74, 6) is -2.57. The van der Waals surface area contributed by atoms with E-state index in [-0.39, 0.29) is 25.7 Å². The van der Waals surface area contributed by atoms with Gasteiger partial charge in [-0.2, -0.15) is 0 Å². The fourth-order valence-electron chi connectivity index (χ4n) is 2.07. The molecule has 1 rings (SSSR count). The zero-order valence-electron chi connectivity index (χ0n) is 10.9. The molecule has 0 aliphatic heterocycles. The van der Waals surface area contributed by atoms with Crippen LogP contribution in [0.3, 0.4) is 0 Å². The molecule has 1 atom stereocenters. The second-order valence-corrected chi connectivity index (χ2v) is 4.85. The zero-order chi connectivity index (χ0) is 15.2. The average Bonchev–Trinajstić information content (AvgIpc) is 2.30. The molecule has 1 unspecified atom stereocenters. The molecule has 110 valence electrons. The zero-order valence-corrected chi connectivity index (χ0v) is 10.9. The maximum absolute atomic E-state index is 12.8. The van der Waals surface area contributed by atoms with Gasteiger partial charge in [-0.3, -0.25) is 9.59 Å². The number of aliphatic hydroxyl groups is 1. The lowest BCUT2D eigenvalue weighted by Crippen LogP contribution is -2.34. The van der Waals surface area contributed by atoms with Gasteiger partial charge in [0.2, 0.25) is 0 Å². The van der Waals surface area contributed by atoms with Gasteiger partial charge in [-0.15, -0.1) is 0 Å². The molecule has 0 bridgehead atoms. The molecule has 0 aliphatic rings. The average molecular weight is 284 g/mol. The van der Waals surface area contributed by atoms with E-state index in [1.165, 1.54) is 24.3 Å². The van der Waals surface area contributed by atoms with Crippen molar-refractivity contribution in [2.45, 2.75) is 37.7 Å². The molecular formula is C14H17FO5. The summed E-state index contributed by atoms with van der Waals surface area (Å²) in [5, 5.41) is 27.8. The molecular weight excluding hydrogens is 267 g/mol. The number of carboxylic acid groups (broad SMARTS) is 2. The highest BCUT2D eigenvalue weighted by molar-refractivity contribution is 5.68. The van der Waals surface area contributed by atoms with Gasteiger partial charge in [0.15, 0.2) is 0 Å². The fourth-order valence-corrected chi connectivity index (χ4v) is 2.07. The minimum absolute atomic E-state index is 0.0409. The minimum Gasteiger partial charge on any atom is -0.481 e. The number of hydrogen-bond acceptors (Lipinski definition) is 3. The SMILES string of the molecule is O=C(O)CCCC(O)(CC(=O)O)Cc1ccc(F)cc1. The first kappa shape index (κ1) is 16.1. The van der Waals surface area contributed by atoms with Crippen molar-refractivity contribution in [2.24, 2.45) is 0 Å². The van der Waals surface area contributed by atoms with Crippen LogP contribution in [-0.4, -0.2) is 32.9 Å². The molecule has 0 aliphatic carbocycles. The number of aliphatic carboxylic acids is 2. The highest BCUT2D eigenvalue weighted by atomic mass is 19.1. The number of carboxylic acids is 2. The third-order valence-corrected chi connectivity index (χ3v) is 2.96. The van der Waals surface area contributed by atoms with Crippen molar-refractivity contribution in [3.63, 3.8) is 0 Å². The normalized spacial score (nSPS) is 13.7. The Morgan fingerprint density at radius 2 is 1.70 bits per heavy atom. The van der Waals surface area contributed by atoms with E-state index in [9.17, 15) is 19.1 Å². The molecule has 1 aromatic rings. The Labute approximate surface area is 115 Å². The van der Waals surface area contributed by atoms with Gasteiger partial charge in [0.05, 0.1) is 12.0 Å². The van der Waals surface area contributed by atoms with Crippen molar-refractivity contribution in [2.75, 3.05) is 0 Å². The van der Waals surface area contributed by atoms with Crippen molar-refractivity contribution in [3.05, 3.63) is 35.6 Å². The first-order chi connectivity index (χ1) is 9.31. The topological polar surface area (TPSA) is 94.8 Å². The highest BCUT2D eigenvalue weighted by Gasteiger charge is 2.30. The number of halogens is 1. The summed E-state index contributed by atoms with van der Waals surface area (Å²) in [6.07, 6.45) is -0.335. The molecule has 0 aromatic heterocycles. The summed E-state index contributed by atoms with van der Waals surface area (Å²) in [4.78, 5) is 21.3. The van der Waals surface area contributed by atoms with E-state index in [1.54, 1.807) is 0 Å². The smallest absolute Gasteiger partial charge is 0.306 e. The molecule has 0 saturated heterocycles. The van der Waals surface area contributed by atoms with E-state index in [2.05, 4.69) is 0 Å². The molecule has 0 radical (unpaired) electrons. The predicted molar refractivity (Wildman–Crippen MR) is 68.8 cm³/mol. The highest BCUT2D eigenvalue weighted by Crippen LogP contribution is 2.24. The molecule has 0 heterocycles. The van der Waals surface area contributed by atoms with Crippen molar-refractivity contribution in [1.29, 1.82) is 0 Å². The van der Waals surface area contributed by atoms with E-state index in [1.807, 2.05) is 0 Å². The third kappa shape index (κ3) is 5.79. The van der Waals surface area contributed by atoms with Gasteiger partial charge in [-0.25, -0.2) is 4.39 Å². The van der Waals surface area contributed by atoms with Crippen LogP contribution in [0.5, 0.6) is 0 Å². The molecule has 0 amide bonds. The summed E-state index contributed by atoms with van der Waals surface area (Å²) in [6, 6.07) is 5.40. The second-order valence-electron chi connectivity index (χ2n) is 4.85. The Kier molecular flexibility index (Phi) is 5.64. The van der Waals surface area contributed by atoms with Gasteiger partial charge in [0.25, 0.3) is 0 Å². The van der Waals surface area contributed by atoms with E-state index >= 15 is 0 Å². The molecule has 0 fully saturated rings. The van der Waals surface area contributed by atoms with Gasteiger partial charge in [-0.1, -0.05) is 12.1 Å². The van der Waals surface area contributed by atoms with Crippen LogP contribution in [0, 0.1) is 5.82 Å². The first-order valence-electron chi connectivity index (χ1n) is 6.21. The van der Waals surface area contributed by atoms with E-state index in [0.29, 0.717) is 5.56 Å². The van der Waals surface area contributed by atoms with Crippen LogP contribution in [0.15, 0.2) is 24.3 Å². The quantitative estimate of drug-likeness (QED) is 0.677. The van der Waals surface area contributed by atoms with Crippen LogP contribution in [0.2, 0.25) is 0 Å². The monoisotopic (exact) mass is 284 g/mol. The maximum Gasteiger partial charge on any atom is 0.306 e. The molecule has 5 nitrogen and oxygen atoms in total. The van der Waals surface area contributed by atoms with Crippen LogP contribution in [0.1, 0.15) is 31.2 Å². The van der Waals surface area contributed by atoms with Gasteiger partial charge in [-0.05, 0) is 30.5 Å². The molecule has 3 N–H and O–H groups in total. The second kappa shape index (κ2) is 7.00. The predicted octanol–water partition coefficient (Wildman–Crippen LogP) is 1.83. The van der Waals surface area contributed by atoms with Gasteiger partial charge >= 0.3 is 11.9 Å². The minimum atomic E-state index is -1.53. The van der Waals surface area contributed by atoms with Crippen LogP contribution in [0.25, 0.3) is 0 Å². The van der Waals surface area contributed by atoms with Gasteiger partial charge in [0, 0.05) is 12.8 Å². The largest absolute Gasteiger partial charge is 0.481 e. The van der Waals surface area contributed by atoms with Gasteiger partial charge in [0.1, 0.15) is 5.82 Å². The van der Waals surface area contributed by atoms with Crippen molar-refractivity contribution >= 4 is 11.9 Å². The summed E-state index contributed by atoms with van der Waals surface area (Å²) in [7, 11) is 0. The molecule has 0 saturated carbocycles. The Morgan fingerprint density at radius 1 is 1.10 bits per heavy atom. The standard InChI is InChI=1S/C14H17FO5/c15-11-5-3-10(4-6-11)8-14(20,9-13(18)19)7-1-2-12(16)17/h3-6,20H,1-2,7-9H2,(H,16,17)(H,18,19). The van der Waals surface area contributed by atoms with Crippen molar-refractivity contribution in [1.82, 2.24) is 0 Å². The maximum atomic E-state index is 12.8. The number of hydrogen-bond donors (Lipinski definition) is 3. The van der Waals surface area contributed by atoms with Crippen LogP contribution in [-0.2, 0) is 16.0 Å². The van der Waals surface area contributed by atoms with Crippen LogP contribution >= 0.6 is 0 Å². The van der Waals surface area contributed by atoms with E-state index in [4.69, 9.17) is 10.2 Å². The Morgan fingerprint density at radius 3 is 2.20 bits per heavy atom. The lowest BCUT2D eigenvalue weighted by molar-refractivity contribution is -0.142. The van der Waals surface area contributed by atoms with Gasteiger partial charge < -0.3 is 15.3 Å². The Bertz CT molecular complexity index is 471. The first-order valence-corrected chi connectivity index (χ1v) is 6.21. The number of carbonyl (C=O) groups is 2. The molecule has 1 aromatic carbocycles. The summed E-state index contributed by atoms with van der Waals surface area (Å²) in [6.45, 7) is 0. The van der Waals surface area contributed by atoms with Crippen LogP contribution in [0.4, 0.5) is 4.39 Å². The lowest BCUT2D eigenvalue weighted by Gasteiger charge is -2.26. The molecule has 20 heavy (non-hydrogen) atoms. The summed E-state index contributed by atoms with van der Waals surface area (Å²) >= 11 is 0. The summed E-state index contributed by atoms with van der Waals surface area (Å²) in [5.41, 5.74) is -0.926. The van der Waals surface area contributed by atoms with Crippen molar-refractivity contribution < 1.29 is 29.3 Å². The van der Waals surface area contributed by atoms with E-state index in [0.717, 1.165) is 0 Å². The third-order valence-electron chi connectivity index (χ3n) is 2.96. The van der Waals surface area contributed by atoms with E-state index < -0.39 is 29.8 Å². The fraction of sp³-hybridized carbons (Fsp3) is 0.429. The summed E-state index contributed by atoms with van der Waals surface area (Å²) < 4.78 is 12.8. The Balaban J connectivity index is 2.73. The number of benzene rings is 1. The number of rotatable bonds is 8. The Hall–Kier alpha value is -1.95. The lowest BCUT2D eigenvalue weighted by atomic mass is 9.86. The molecule has 6 heteroatoms. The van der Waals surface area contributed by atoms with Crippen LogP contribution < -0.4 is 0 Å². The molecule has 0 spiro atoms. The van der Waals surface area contributed by atoms with Crippen molar-refractivity contribution in [3.8, 4) is 0 Å².